The van der Waals surface area contributed by atoms with Crippen LogP contribution in [0.2, 0.25) is 0 Å². The first-order chi connectivity index (χ1) is 11.6. The van der Waals surface area contributed by atoms with Crippen molar-refractivity contribution in [1.29, 1.82) is 0 Å². The van der Waals surface area contributed by atoms with Crippen LogP contribution >= 0.6 is 11.9 Å². The molecule has 4 nitrogen and oxygen atoms in total. The Balaban J connectivity index is 1.77. The van der Waals surface area contributed by atoms with Gasteiger partial charge < -0.3 is 10.2 Å². The maximum Gasteiger partial charge on any atom is 0.259 e. The van der Waals surface area contributed by atoms with E-state index in [1.807, 2.05) is 25.1 Å². The van der Waals surface area contributed by atoms with Crippen molar-refractivity contribution in [2.75, 3.05) is 17.6 Å². The number of benzene rings is 1. The zero-order chi connectivity index (χ0) is 17.1. The summed E-state index contributed by atoms with van der Waals surface area (Å²) in [6, 6.07) is 8.12. The summed E-state index contributed by atoms with van der Waals surface area (Å²) in [4.78, 5) is 14.8. The molecule has 2 aliphatic rings. The molecule has 0 bridgehead atoms. The molecule has 3 rings (SSSR count). The van der Waals surface area contributed by atoms with Gasteiger partial charge in [-0.15, -0.1) is 0 Å². The number of amides is 1. The minimum absolute atomic E-state index is 0.106. The lowest BCUT2D eigenvalue weighted by Crippen LogP contribution is -2.37. The van der Waals surface area contributed by atoms with Crippen LogP contribution in [0.3, 0.4) is 0 Å². The normalized spacial score (nSPS) is 18.1. The summed E-state index contributed by atoms with van der Waals surface area (Å²) in [7, 11) is 0. The third-order valence-corrected chi connectivity index (χ3v) is 5.08. The van der Waals surface area contributed by atoms with Crippen LogP contribution in [0.5, 0.6) is 0 Å². The van der Waals surface area contributed by atoms with Gasteiger partial charge in [0.15, 0.2) is 5.84 Å². The van der Waals surface area contributed by atoms with E-state index in [9.17, 15) is 4.79 Å². The van der Waals surface area contributed by atoms with Crippen molar-refractivity contribution in [2.24, 2.45) is 4.40 Å². The number of allylic oxidation sites excluding steroid dienone is 2. The maximum absolute atomic E-state index is 12.7. The highest BCUT2D eigenvalue weighted by Crippen LogP contribution is 2.25. The highest BCUT2D eigenvalue weighted by Gasteiger charge is 2.26. The molecule has 1 N–H and O–H groups in total. The molecular weight excluding hydrogens is 318 g/mol. The number of fused-ring (bicyclic) bond motifs is 1. The average Bonchev–Trinajstić information content (AvgIpc) is 2.60. The molecule has 0 fully saturated rings. The second kappa shape index (κ2) is 7.26. The van der Waals surface area contributed by atoms with Gasteiger partial charge in [-0.2, -0.15) is 4.40 Å². The van der Waals surface area contributed by atoms with Crippen LogP contribution in [0.1, 0.15) is 38.7 Å². The molecular formula is C19H23N3OS. The lowest BCUT2D eigenvalue weighted by Gasteiger charge is -2.29. The fourth-order valence-corrected chi connectivity index (χ4v) is 3.50. The molecule has 1 amide bonds. The predicted molar refractivity (Wildman–Crippen MR) is 102 cm³/mol. The number of anilines is 1. The van der Waals surface area contributed by atoms with Crippen LogP contribution in [0.4, 0.5) is 5.69 Å². The molecule has 0 spiro atoms. The van der Waals surface area contributed by atoms with Crippen LogP contribution in [0.25, 0.3) is 0 Å². The number of carbonyl (C=O) groups excluding carboxylic acids is 1. The zero-order valence-electron chi connectivity index (χ0n) is 14.4. The number of nitrogens with one attached hydrogen (secondary N) is 1. The Hall–Kier alpha value is -2.01. The monoisotopic (exact) mass is 341 g/mol. The fraction of sp³-hybridized carbons (Fsp3) is 0.368. The van der Waals surface area contributed by atoms with Gasteiger partial charge in [0.25, 0.3) is 5.91 Å². The predicted octanol–water partition coefficient (Wildman–Crippen LogP) is 4.34. The molecule has 1 aromatic rings. The van der Waals surface area contributed by atoms with E-state index in [1.54, 1.807) is 0 Å². The second-order valence-electron chi connectivity index (χ2n) is 6.26. The summed E-state index contributed by atoms with van der Waals surface area (Å²) in [5, 5.41) is 3.00. The van der Waals surface area contributed by atoms with Crippen LogP contribution in [-0.2, 0) is 4.79 Å². The van der Waals surface area contributed by atoms with Gasteiger partial charge in [0, 0.05) is 24.2 Å². The second-order valence-corrected chi connectivity index (χ2v) is 7.11. The molecule has 0 saturated carbocycles. The van der Waals surface area contributed by atoms with Crippen LogP contribution in [-0.4, -0.2) is 28.9 Å². The number of nitrogens with zero attached hydrogens (tertiary/aromatic N) is 2. The van der Waals surface area contributed by atoms with Gasteiger partial charge in [0.2, 0.25) is 0 Å². The Labute approximate surface area is 147 Å². The van der Waals surface area contributed by atoms with Crippen molar-refractivity contribution < 1.29 is 4.79 Å². The minimum Gasteiger partial charge on any atom is -0.331 e. The molecule has 1 aromatic carbocycles. The number of hydrogen-bond acceptors (Lipinski definition) is 4. The summed E-state index contributed by atoms with van der Waals surface area (Å²) in [6.07, 6.45) is 5.07. The number of hydrogen-bond donors (Lipinski definition) is 1. The quantitative estimate of drug-likeness (QED) is 0.828. The largest absolute Gasteiger partial charge is 0.331 e. The highest BCUT2D eigenvalue weighted by molar-refractivity contribution is 7.98. The van der Waals surface area contributed by atoms with E-state index in [2.05, 4.69) is 46.8 Å². The molecule has 0 radical (unpaired) electrons. The van der Waals surface area contributed by atoms with Crippen LogP contribution < -0.4 is 5.32 Å². The molecule has 1 atom stereocenters. The van der Waals surface area contributed by atoms with Crippen LogP contribution in [0, 0.1) is 0 Å². The third-order valence-electron chi connectivity index (χ3n) is 4.41. The van der Waals surface area contributed by atoms with Crippen molar-refractivity contribution in [3.8, 4) is 0 Å². The zero-order valence-corrected chi connectivity index (χ0v) is 15.2. The van der Waals surface area contributed by atoms with E-state index >= 15 is 0 Å². The lowest BCUT2D eigenvalue weighted by molar-refractivity contribution is -0.112. The molecule has 5 heteroatoms. The van der Waals surface area contributed by atoms with Gasteiger partial charge in [-0.25, -0.2) is 0 Å². The third kappa shape index (κ3) is 3.56. The SMILES string of the molecule is CCC(C)c1ccc(NC(=O)C2=CC(C)=CN3CCSN=C23)cc1. The highest BCUT2D eigenvalue weighted by atomic mass is 32.2. The standard InChI is InChI=1S/C19H23N3OS/c1-4-14(3)15-5-7-16(8-6-15)20-19(23)17-11-13(2)12-22-9-10-24-21-18(17)22/h5-8,11-12,14H,4,9-10H2,1-3H3,(H,20,23). The van der Waals surface area contributed by atoms with E-state index in [4.69, 9.17) is 0 Å². The molecule has 2 heterocycles. The van der Waals surface area contributed by atoms with Gasteiger partial charge in [-0.1, -0.05) is 26.0 Å². The topological polar surface area (TPSA) is 44.7 Å². The Morgan fingerprint density at radius 2 is 2.12 bits per heavy atom. The first-order valence-corrected chi connectivity index (χ1v) is 9.31. The van der Waals surface area contributed by atoms with E-state index in [0.717, 1.165) is 35.8 Å². The summed E-state index contributed by atoms with van der Waals surface area (Å²) in [5.74, 6) is 2.13. The Bertz CT molecular complexity index is 719. The van der Waals surface area contributed by atoms with Crippen molar-refractivity contribution >= 4 is 29.4 Å². The maximum atomic E-state index is 12.7. The molecule has 2 aliphatic heterocycles. The molecule has 24 heavy (non-hydrogen) atoms. The summed E-state index contributed by atoms with van der Waals surface area (Å²) in [6.45, 7) is 7.28. The van der Waals surface area contributed by atoms with E-state index in [1.165, 1.54) is 17.5 Å². The molecule has 0 aliphatic carbocycles. The van der Waals surface area contributed by atoms with Crippen molar-refractivity contribution in [3.63, 3.8) is 0 Å². The molecule has 126 valence electrons. The summed E-state index contributed by atoms with van der Waals surface area (Å²) >= 11 is 1.51. The average molecular weight is 341 g/mol. The molecule has 0 aromatic heterocycles. The Morgan fingerprint density at radius 1 is 1.38 bits per heavy atom. The smallest absolute Gasteiger partial charge is 0.259 e. The van der Waals surface area contributed by atoms with Crippen molar-refractivity contribution in [2.45, 2.75) is 33.1 Å². The van der Waals surface area contributed by atoms with Crippen molar-refractivity contribution in [3.05, 3.63) is 53.3 Å². The Kier molecular flexibility index (Phi) is 5.09. The number of carbonyl (C=O) groups is 1. The van der Waals surface area contributed by atoms with Gasteiger partial charge in [-0.3, -0.25) is 4.79 Å². The first-order valence-electron chi connectivity index (χ1n) is 8.37. The molecule has 1 unspecified atom stereocenters. The van der Waals surface area contributed by atoms with E-state index in [0.29, 0.717) is 11.5 Å². The van der Waals surface area contributed by atoms with Gasteiger partial charge in [-0.05, 0) is 60.6 Å². The summed E-state index contributed by atoms with van der Waals surface area (Å²) < 4.78 is 4.46. The number of amidine groups is 1. The Morgan fingerprint density at radius 3 is 2.83 bits per heavy atom. The first kappa shape index (κ1) is 16.8. The summed E-state index contributed by atoms with van der Waals surface area (Å²) in [5.41, 5.74) is 3.81. The molecule has 0 saturated heterocycles. The van der Waals surface area contributed by atoms with Crippen LogP contribution in [0.15, 0.2) is 52.1 Å². The fourth-order valence-electron chi connectivity index (χ4n) is 2.81. The van der Waals surface area contributed by atoms with Gasteiger partial charge >= 0.3 is 0 Å². The van der Waals surface area contributed by atoms with Gasteiger partial charge in [0.05, 0.1) is 5.57 Å². The lowest BCUT2D eigenvalue weighted by atomic mass is 9.98. The van der Waals surface area contributed by atoms with Crippen molar-refractivity contribution in [1.82, 2.24) is 4.90 Å². The van der Waals surface area contributed by atoms with E-state index in [-0.39, 0.29) is 5.91 Å². The minimum atomic E-state index is -0.106. The number of rotatable bonds is 4. The van der Waals surface area contributed by atoms with Gasteiger partial charge in [0.1, 0.15) is 0 Å². The van der Waals surface area contributed by atoms with E-state index < -0.39 is 0 Å².